The summed E-state index contributed by atoms with van der Waals surface area (Å²) in [6, 6.07) is -1.20. The highest BCUT2D eigenvalue weighted by atomic mass is 32.2. The van der Waals surface area contributed by atoms with Crippen molar-refractivity contribution in [3.8, 4) is 0 Å². The zero-order chi connectivity index (χ0) is 12.1. The second kappa shape index (κ2) is 5.50. The maximum absolute atomic E-state index is 10.8. The quantitative estimate of drug-likeness (QED) is 0.586. The number of amides is 1. The van der Waals surface area contributed by atoms with Crippen LogP contribution in [0.3, 0.4) is 0 Å². The summed E-state index contributed by atoms with van der Waals surface area (Å²) in [6.07, 6.45) is 1.77. The van der Waals surface area contributed by atoms with Crippen LogP contribution in [0.15, 0.2) is 12.7 Å². The van der Waals surface area contributed by atoms with Crippen molar-refractivity contribution in [2.24, 2.45) is 0 Å². The Labute approximate surface area is 87.9 Å². The van der Waals surface area contributed by atoms with Crippen LogP contribution in [0.2, 0.25) is 0 Å². The molecule has 0 heterocycles. The Balaban J connectivity index is 4.36. The first-order chi connectivity index (χ1) is 6.76. The lowest BCUT2D eigenvalue weighted by Gasteiger charge is -2.12. The van der Waals surface area contributed by atoms with Crippen LogP contribution in [0.25, 0.3) is 0 Å². The Morgan fingerprint density at radius 2 is 2.07 bits per heavy atom. The molecule has 0 aliphatic heterocycles. The smallest absolute Gasteiger partial charge is 0.326 e. The Hall–Kier alpha value is -1.37. The van der Waals surface area contributed by atoms with Gasteiger partial charge in [-0.05, 0) is 12.5 Å². The van der Waals surface area contributed by atoms with Gasteiger partial charge in [0.15, 0.2) is 0 Å². The first-order valence-corrected chi connectivity index (χ1v) is 6.16. The monoisotopic (exact) mass is 235 g/mol. The lowest BCUT2D eigenvalue weighted by molar-refractivity contribution is -0.141. The molecule has 1 amide bonds. The summed E-state index contributed by atoms with van der Waals surface area (Å²) in [7, 11) is -3.24. The third-order valence-corrected chi connectivity index (χ3v) is 2.55. The van der Waals surface area contributed by atoms with E-state index in [0.29, 0.717) is 0 Å². The number of rotatable bonds is 6. The van der Waals surface area contributed by atoms with Gasteiger partial charge in [-0.15, -0.1) is 0 Å². The standard InChI is InChI=1S/C8H13NO5S/c1-3-7(10)9-6(8(11)12)4-5-15(2,13)14/h3,6H,1,4-5H2,2H3,(H,9,10)(H,11,12). The summed E-state index contributed by atoms with van der Waals surface area (Å²) in [6.45, 7) is 3.16. The molecule has 0 saturated carbocycles. The molecule has 1 unspecified atom stereocenters. The molecule has 0 aromatic heterocycles. The molecule has 6 nitrogen and oxygen atoms in total. The number of nitrogens with one attached hydrogen (secondary N) is 1. The van der Waals surface area contributed by atoms with E-state index in [9.17, 15) is 18.0 Å². The first kappa shape index (κ1) is 13.6. The molecule has 0 aliphatic rings. The van der Waals surface area contributed by atoms with Crippen LogP contribution in [-0.4, -0.2) is 43.5 Å². The van der Waals surface area contributed by atoms with Crippen molar-refractivity contribution in [3.05, 3.63) is 12.7 Å². The Bertz CT molecular complexity index is 359. The van der Waals surface area contributed by atoms with Crippen LogP contribution in [0.5, 0.6) is 0 Å². The topological polar surface area (TPSA) is 101 Å². The van der Waals surface area contributed by atoms with Crippen LogP contribution in [-0.2, 0) is 19.4 Å². The van der Waals surface area contributed by atoms with Gasteiger partial charge in [-0.1, -0.05) is 6.58 Å². The summed E-state index contributed by atoms with van der Waals surface area (Å²) >= 11 is 0. The minimum absolute atomic E-state index is 0.159. The van der Waals surface area contributed by atoms with Crippen molar-refractivity contribution in [3.63, 3.8) is 0 Å². The Morgan fingerprint density at radius 3 is 2.40 bits per heavy atom. The van der Waals surface area contributed by atoms with Gasteiger partial charge in [0.1, 0.15) is 15.9 Å². The second-order valence-electron chi connectivity index (χ2n) is 3.02. The van der Waals surface area contributed by atoms with E-state index in [0.717, 1.165) is 12.3 Å². The third kappa shape index (κ3) is 6.67. The van der Waals surface area contributed by atoms with Crippen molar-refractivity contribution in [1.82, 2.24) is 5.32 Å². The van der Waals surface area contributed by atoms with E-state index in [2.05, 4.69) is 11.9 Å². The van der Waals surface area contributed by atoms with E-state index in [-0.39, 0.29) is 12.2 Å². The van der Waals surface area contributed by atoms with Crippen LogP contribution in [0.1, 0.15) is 6.42 Å². The van der Waals surface area contributed by atoms with Crippen LogP contribution in [0, 0.1) is 0 Å². The number of hydrogen-bond donors (Lipinski definition) is 2. The molecule has 0 rings (SSSR count). The first-order valence-electron chi connectivity index (χ1n) is 4.09. The minimum Gasteiger partial charge on any atom is -0.480 e. The van der Waals surface area contributed by atoms with Gasteiger partial charge >= 0.3 is 5.97 Å². The van der Waals surface area contributed by atoms with Crippen molar-refractivity contribution in [2.75, 3.05) is 12.0 Å². The van der Waals surface area contributed by atoms with Gasteiger partial charge in [0.2, 0.25) is 5.91 Å². The molecule has 1 atom stereocenters. The van der Waals surface area contributed by atoms with Gasteiger partial charge in [-0.2, -0.15) is 0 Å². The normalized spacial score (nSPS) is 12.9. The SMILES string of the molecule is C=CC(=O)NC(CCS(C)(=O)=O)C(=O)O. The van der Waals surface area contributed by atoms with Crippen molar-refractivity contribution < 1.29 is 23.1 Å². The van der Waals surface area contributed by atoms with Gasteiger partial charge in [-0.25, -0.2) is 13.2 Å². The van der Waals surface area contributed by atoms with Crippen molar-refractivity contribution in [1.29, 1.82) is 0 Å². The number of carbonyl (C=O) groups excluding carboxylic acids is 1. The van der Waals surface area contributed by atoms with Crippen molar-refractivity contribution in [2.45, 2.75) is 12.5 Å². The molecule has 0 radical (unpaired) electrons. The molecule has 2 N–H and O–H groups in total. The molecule has 86 valence electrons. The number of carboxylic acid groups (broad SMARTS) is 1. The molecule has 7 heteroatoms. The lowest BCUT2D eigenvalue weighted by Crippen LogP contribution is -2.41. The molecule has 0 bridgehead atoms. The van der Waals surface area contributed by atoms with Gasteiger partial charge in [0.05, 0.1) is 5.75 Å². The number of aliphatic carboxylic acids is 1. The summed E-state index contributed by atoms with van der Waals surface area (Å²) in [5.74, 6) is -2.20. The molecule has 0 aromatic carbocycles. The van der Waals surface area contributed by atoms with Gasteiger partial charge in [0, 0.05) is 6.26 Å². The number of carboxylic acids is 1. The van der Waals surface area contributed by atoms with Gasteiger partial charge < -0.3 is 10.4 Å². The summed E-state index contributed by atoms with van der Waals surface area (Å²) in [5, 5.41) is 10.8. The zero-order valence-corrected chi connectivity index (χ0v) is 9.08. The molecular weight excluding hydrogens is 222 g/mol. The lowest BCUT2D eigenvalue weighted by atomic mass is 10.2. The maximum atomic E-state index is 10.8. The van der Waals surface area contributed by atoms with Crippen LogP contribution >= 0.6 is 0 Å². The molecule has 0 aliphatic carbocycles. The van der Waals surface area contributed by atoms with Gasteiger partial charge in [-0.3, -0.25) is 4.79 Å². The minimum atomic E-state index is -3.24. The van der Waals surface area contributed by atoms with E-state index < -0.39 is 27.8 Å². The summed E-state index contributed by atoms with van der Waals surface area (Å²) in [5.41, 5.74) is 0. The fourth-order valence-corrected chi connectivity index (χ4v) is 1.48. The number of carbonyl (C=O) groups is 2. The molecule has 0 saturated heterocycles. The number of sulfone groups is 1. The molecule has 0 fully saturated rings. The predicted molar refractivity (Wildman–Crippen MR) is 54.1 cm³/mol. The van der Waals surface area contributed by atoms with E-state index in [1.165, 1.54) is 0 Å². The van der Waals surface area contributed by atoms with Crippen LogP contribution < -0.4 is 5.32 Å². The molecule has 0 aromatic rings. The average molecular weight is 235 g/mol. The number of hydrogen-bond acceptors (Lipinski definition) is 4. The fraction of sp³-hybridized carbons (Fsp3) is 0.500. The summed E-state index contributed by atoms with van der Waals surface area (Å²) in [4.78, 5) is 21.4. The Morgan fingerprint density at radius 1 is 1.53 bits per heavy atom. The third-order valence-electron chi connectivity index (χ3n) is 1.58. The van der Waals surface area contributed by atoms with E-state index in [4.69, 9.17) is 5.11 Å². The Kier molecular flexibility index (Phi) is 4.99. The largest absolute Gasteiger partial charge is 0.480 e. The highest BCUT2D eigenvalue weighted by molar-refractivity contribution is 7.90. The van der Waals surface area contributed by atoms with E-state index in [1.54, 1.807) is 0 Å². The molecular formula is C8H13NO5S. The molecule has 0 spiro atoms. The molecule has 15 heavy (non-hydrogen) atoms. The average Bonchev–Trinajstić information content (AvgIpc) is 2.09. The highest BCUT2D eigenvalue weighted by Crippen LogP contribution is 1.97. The second-order valence-corrected chi connectivity index (χ2v) is 5.28. The summed E-state index contributed by atoms with van der Waals surface area (Å²) < 4.78 is 21.6. The predicted octanol–water partition coefficient (Wildman–Crippen LogP) is -0.823. The van der Waals surface area contributed by atoms with E-state index >= 15 is 0 Å². The zero-order valence-electron chi connectivity index (χ0n) is 8.26. The fourth-order valence-electron chi connectivity index (χ4n) is 0.820. The van der Waals surface area contributed by atoms with Gasteiger partial charge in [0.25, 0.3) is 0 Å². The van der Waals surface area contributed by atoms with Crippen molar-refractivity contribution >= 4 is 21.7 Å². The van der Waals surface area contributed by atoms with E-state index in [1.807, 2.05) is 0 Å². The highest BCUT2D eigenvalue weighted by Gasteiger charge is 2.20. The maximum Gasteiger partial charge on any atom is 0.326 e. The van der Waals surface area contributed by atoms with Crippen LogP contribution in [0.4, 0.5) is 0 Å².